The maximum absolute atomic E-state index is 13.7. The molecule has 250 valence electrons. The molecule has 1 saturated carbocycles. The second-order valence-corrected chi connectivity index (χ2v) is 16.2. The van der Waals surface area contributed by atoms with Gasteiger partial charge in [0, 0.05) is 32.6 Å². The predicted octanol–water partition coefficient (Wildman–Crippen LogP) is 2.26. The third kappa shape index (κ3) is 8.36. The van der Waals surface area contributed by atoms with Crippen molar-refractivity contribution in [1.82, 2.24) is 15.1 Å². The first-order chi connectivity index (χ1) is 20.2. The van der Waals surface area contributed by atoms with E-state index in [2.05, 4.69) is 17.1 Å². The molecule has 1 spiro atoms. The van der Waals surface area contributed by atoms with Gasteiger partial charge in [-0.05, 0) is 56.4 Å². The van der Waals surface area contributed by atoms with Gasteiger partial charge in [-0.1, -0.05) is 32.6 Å². The Bertz CT molecular complexity index is 1330. The second-order valence-electron chi connectivity index (χ2n) is 12.3. The van der Waals surface area contributed by atoms with Crippen molar-refractivity contribution in [2.24, 2.45) is 0 Å². The first-order valence-electron chi connectivity index (χ1n) is 15.2. The summed E-state index contributed by atoms with van der Waals surface area (Å²) < 4.78 is 54.2. The van der Waals surface area contributed by atoms with Crippen molar-refractivity contribution < 1.29 is 36.3 Å². The van der Waals surface area contributed by atoms with Gasteiger partial charge in [-0.15, -0.1) is 12.4 Å². The fourth-order valence-corrected chi connectivity index (χ4v) is 9.65. The van der Waals surface area contributed by atoms with Crippen LogP contribution in [0.1, 0.15) is 71.1 Å². The molecule has 0 aromatic heterocycles. The summed E-state index contributed by atoms with van der Waals surface area (Å²) in [5.74, 6) is 0.256. The third-order valence-corrected chi connectivity index (χ3v) is 12.2. The smallest absolute Gasteiger partial charge is 0.246 e. The number of hydrogen-bond acceptors (Lipinski definition) is 9. The zero-order chi connectivity index (χ0) is 31.5. The number of likely N-dealkylation sites (tertiary alicyclic amines) is 1. The van der Waals surface area contributed by atoms with E-state index in [1.165, 1.54) is 24.3 Å². The average molecular weight is 679 g/mol. The molecule has 15 heteroatoms. The van der Waals surface area contributed by atoms with Crippen molar-refractivity contribution >= 4 is 50.0 Å². The minimum atomic E-state index is -4.03. The zero-order valence-electron chi connectivity index (χ0n) is 25.9. The number of nitrogens with one attached hydrogen (secondary N) is 1. The summed E-state index contributed by atoms with van der Waals surface area (Å²) in [5.41, 5.74) is -1.80. The number of hydrogen-bond donors (Lipinski definition) is 2. The highest BCUT2D eigenvalue weighted by Crippen LogP contribution is 2.37. The SMILES string of the molecule is CCCCN1C(=O)[C@@H](CC2(O)CCCCC2)NC(=O)C12CCN(CCOc1ccc(N(S(C)(=O)=O)S(C)(=O)=O)cc1)CC2.Cl. The van der Waals surface area contributed by atoms with E-state index in [9.17, 15) is 31.5 Å². The zero-order valence-corrected chi connectivity index (χ0v) is 28.3. The number of rotatable bonds is 12. The Morgan fingerprint density at radius 1 is 0.955 bits per heavy atom. The van der Waals surface area contributed by atoms with Crippen LogP contribution >= 0.6 is 12.4 Å². The van der Waals surface area contributed by atoms with Gasteiger partial charge in [0.15, 0.2) is 0 Å². The molecule has 3 aliphatic rings. The molecule has 0 unspecified atom stereocenters. The van der Waals surface area contributed by atoms with Crippen molar-refractivity contribution in [3.05, 3.63) is 24.3 Å². The molecule has 1 aliphatic carbocycles. The molecular weight excluding hydrogens is 632 g/mol. The molecule has 4 rings (SSSR count). The largest absolute Gasteiger partial charge is 0.492 e. The molecule has 1 aromatic carbocycles. The number of aliphatic hydroxyl groups is 1. The van der Waals surface area contributed by atoms with Crippen molar-refractivity contribution in [3.8, 4) is 5.75 Å². The molecule has 1 atom stereocenters. The number of ether oxygens (including phenoxy) is 1. The van der Waals surface area contributed by atoms with E-state index >= 15 is 0 Å². The molecule has 2 heterocycles. The Hall–Kier alpha value is -2.13. The highest BCUT2D eigenvalue weighted by molar-refractivity contribution is 8.09. The number of carbonyl (C=O) groups excluding carboxylic acids is 2. The fraction of sp³-hybridized carbons (Fsp3) is 0.724. The van der Waals surface area contributed by atoms with Crippen LogP contribution in [0.3, 0.4) is 0 Å². The van der Waals surface area contributed by atoms with Crippen LogP contribution in [-0.4, -0.2) is 106 Å². The van der Waals surface area contributed by atoms with Gasteiger partial charge in [0.2, 0.25) is 31.9 Å². The van der Waals surface area contributed by atoms with E-state index in [4.69, 9.17) is 4.74 Å². The first-order valence-corrected chi connectivity index (χ1v) is 18.9. The number of piperazine rings is 1. The van der Waals surface area contributed by atoms with Crippen molar-refractivity contribution in [2.75, 3.05) is 49.0 Å². The highest BCUT2D eigenvalue weighted by atomic mass is 35.5. The van der Waals surface area contributed by atoms with Crippen LogP contribution in [0.25, 0.3) is 0 Å². The van der Waals surface area contributed by atoms with Crippen LogP contribution in [0, 0.1) is 0 Å². The molecule has 44 heavy (non-hydrogen) atoms. The minimum Gasteiger partial charge on any atom is -0.492 e. The fourth-order valence-electron chi connectivity index (χ4n) is 6.68. The lowest BCUT2D eigenvalue weighted by Crippen LogP contribution is -2.73. The van der Waals surface area contributed by atoms with Gasteiger partial charge < -0.3 is 20.1 Å². The van der Waals surface area contributed by atoms with Crippen LogP contribution in [0.4, 0.5) is 5.69 Å². The Kier molecular flexibility index (Phi) is 12.0. The lowest BCUT2D eigenvalue weighted by atomic mass is 9.77. The number of benzene rings is 1. The Morgan fingerprint density at radius 3 is 2.09 bits per heavy atom. The van der Waals surface area contributed by atoms with Gasteiger partial charge >= 0.3 is 0 Å². The molecule has 2 aliphatic heterocycles. The maximum Gasteiger partial charge on any atom is 0.246 e. The molecule has 0 bridgehead atoms. The van der Waals surface area contributed by atoms with E-state index in [0.29, 0.717) is 67.9 Å². The summed E-state index contributed by atoms with van der Waals surface area (Å²) in [6.45, 7) is 4.71. The number of nitrogens with zero attached hydrogens (tertiary/aromatic N) is 3. The summed E-state index contributed by atoms with van der Waals surface area (Å²) in [5, 5.41) is 14.1. The Morgan fingerprint density at radius 2 is 1.55 bits per heavy atom. The van der Waals surface area contributed by atoms with E-state index in [1.807, 2.05) is 0 Å². The van der Waals surface area contributed by atoms with E-state index in [-0.39, 0.29) is 36.3 Å². The van der Waals surface area contributed by atoms with E-state index < -0.39 is 37.2 Å². The predicted molar refractivity (Wildman–Crippen MR) is 171 cm³/mol. The molecule has 3 fully saturated rings. The molecule has 1 aromatic rings. The van der Waals surface area contributed by atoms with Gasteiger partial charge in [0.05, 0.1) is 23.8 Å². The number of unbranched alkanes of at least 4 members (excludes halogenated alkanes) is 1. The first kappa shape index (κ1) is 36.3. The number of anilines is 1. The van der Waals surface area contributed by atoms with Crippen LogP contribution < -0.4 is 13.8 Å². The molecule has 2 N–H and O–H groups in total. The van der Waals surface area contributed by atoms with Gasteiger partial charge in [-0.3, -0.25) is 14.5 Å². The number of amides is 2. The lowest BCUT2D eigenvalue weighted by molar-refractivity contribution is -0.163. The topological polar surface area (TPSA) is 154 Å². The normalized spacial score (nSPS) is 22.3. The van der Waals surface area contributed by atoms with Crippen LogP contribution in [0.2, 0.25) is 0 Å². The number of halogens is 1. The number of piperidine rings is 1. The maximum atomic E-state index is 13.7. The second kappa shape index (κ2) is 14.5. The van der Waals surface area contributed by atoms with Crippen molar-refractivity contribution in [2.45, 2.75) is 88.3 Å². The standard InChI is InChI=1S/C29H46N4O8S2.ClH/c1-4-5-17-32-26(34)25(22-28(36)13-7-6-8-14-28)30-27(35)29(32)15-18-31(19-16-29)20-21-41-24-11-9-23(10-12-24)33(42(2,37)38)43(3,39)40;/h9-12,25,36H,4-8,13-22H2,1-3H3,(H,30,35);1H/t25-;/m1./s1. The Balaban J connectivity index is 0.00000529. The summed E-state index contributed by atoms with van der Waals surface area (Å²) in [6, 6.07) is 5.11. The van der Waals surface area contributed by atoms with Crippen molar-refractivity contribution in [1.29, 1.82) is 0 Å². The summed E-state index contributed by atoms with van der Waals surface area (Å²) in [4.78, 5) is 31.4. The van der Waals surface area contributed by atoms with Gasteiger partial charge in [-0.25, -0.2) is 16.8 Å². The van der Waals surface area contributed by atoms with E-state index in [1.54, 1.807) is 4.90 Å². The summed E-state index contributed by atoms with van der Waals surface area (Å²) in [7, 11) is -8.06. The van der Waals surface area contributed by atoms with Crippen LogP contribution in [0.5, 0.6) is 5.75 Å². The third-order valence-electron chi connectivity index (χ3n) is 8.92. The van der Waals surface area contributed by atoms with E-state index in [0.717, 1.165) is 44.6 Å². The summed E-state index contributed by atoms with van der Waals surface area (Å²) in [6.07, 6.45) is 8.93. The number of carbonyl (C=O) groups is 2. The van der Waals surface area contributed by atoms with Gasteiger partial charge in [-0.2, -0.15) is 3.71 Å². The average Bonchev–Trinajstić information content (AvgIpc) is 2.92. The van der Waals surface area contributed by atoms with Crippen LogP contribution in [0.15, 0.2) is 24.3 Å². The monoisotopic (exact) mass is 678 g/mol. The summed E-state index contributed by atoms with van der Waals surface area (Å²) >= 11 is 0. The molecule has 0 radical (unpaired) electrons. The molecule has 12 nitrogen and oxygen atoms in total. The molecular formula is C29H47ClN4O8S2. The van der Waals surface area contributed by atoms with Crippen molar-refractivity contribution in [3.63, 3.8) is 0 Å². The molecule has 2 saturated heterocycles. The van der Waals surface area contributed by atoms with Crippen LogP contribution in [-0.2, 0) is 29.6 Å². The minimum absolute atomic E-state index is 0. The molecule has 2 amide bonds. The highest BCUT2D eigenvalue weighted by Gasteiger charge is 2.54. The van der Waals surface area contributed by atoms with Gasteiger partial charge in [0.25, 0.3) is 0 Å². The quantitative estimate of drug-likeness (QED) is 0.339. The number of sulfonamides is 2. The van der Waals surface area contributed by atoms with Gasteiger partial charge in [0.1, 0.15) is 23.9 Å². The lowest BCUT2D eigenvalue weighted by Gasteiger charge is -2.52. The Labute approximate surface area is 268 Å².